The van der Waals surface area contributed by atoms with Crippen LogP contribution in [0.5, 0.6) is 0 Å². The molecular weight excluding hydrogens is 228 g/mol. The molecule has 0 spiro atoms. The van der Waals surface area contributed by atoms with Crippen LogP contribution in [0.2, 0.25) is 0 Å². The van der Waals surface area contributed by atoms with Gasteiger partial charge in [-0.1, -0.05) is 12.1 Å². The van der Waals surface area contributed by atoms with Crippen LogP contribution in [-0.4, -0.2) is 18.9 Å². The minimum atomic E-state index is -0.441. The van der Waals surface area contributed by atoms with Gasteiger partial charge >= 0.3 is 5.97 Å². The fourth-order valence-corrected chi connectivity index (χ4v) is 1.77. The molecule has 0 bridgehead atoms. The molecule has 0 aliphatic heterocycles. The number of hydrogen-bond acceptors (Lipinski definition) is 3. The van der Waals surface area contributed by atoms with Crippen LogP contribution in [0.15, 0.2) is 18.2 Å². The number of rotatable bonds is 4. The molecule has 86 valence electrons. The van der Waals surface area contributed by atoms with E-state index in [1.165, 1.54) is 14.0 Å². The molecule has 0 amide bonds. The summed E-state index contributed by atoms with van der Waals surface area (Å²) in [6.07, 6.45) is 0.202. The van der Waals surface area contributed by atoms with Gasteiger partial charge in [-0.3, -0.25) is 4.79 Å². The van der Waals surface area contributed by atoms with Gasteiger partial charge in [-0.15, -0.1) is 11.6 Å². The fourth-order valence-electron chi connectivity index (χ4n) is 1.52. The van der Waals surface area contributed by atoms with Crippen LogP contribution >= 0.6 is 11.6 Å². The normalized spacial score (nSPS) is 9.94. The summed E-state index contributed by atoms with van der Waals surface area (Å²) in [5, 5.41) is 0. The molecule has 1 aromatic rings. The van der Waals surface area contributed by atoms with Crippen molar-refractivity contribution in [2.75, 3.05) is 7.11 Å². The second-order valence-corrected chi connectivity index (χ2v) is 3.71. The van der Waals surface area contributed by atoms with Gasteiger partial charge in [0.1, 0.15) is 5.78 Å². The molecule has 0 aliphatic rings. The van der Waals surface area contributed by atoms with E-state index in [-0.39, 0.29) is 18.1 Å². The average Bonchev–Trinajstić information content (AvgIpc) is 2.27. The number of Topliss-reactive ketones (excluding diaryl/α,β-unsaturated/α-hetero) is 1. The highest BCUT2D eigenvalue weighted by Crippen LogP contribution is 2.19. The summed E-state index contributed by atoms with van der Waals surface area (Å²) in [5.41, 5.74) is 1.87. The Kier molecular flexibility index (Phi) is 4.50. The molecule has 0 unspecified atom stereocenters. The lowest BCUT2D eigenvalue weighted by atomic mass is 9.97. The summed E-state index contributed by atoms with van der Waals surface area (Å²) in [7, 11) is 1.31. The molecule has 0 aliphatic carbocycles. The number of carbonyl (C=O) groups excluding carboxylic acids is 2. The van der Waals surface area contributed by atoms with Crippen LogP contribution in [-0.2, 0) is 21.8 Å². The molecule has 4 heteroatoms. The molecule has 0 radical (unpaired) electrons. The van der Waals surface area contributed by atoms with Gasteiger partial charge in [0.2, 0.25) is 0 Å². The molecule has 0 atom stereocenters. The Balaban J connectivity index is 3.25. The lowest BCUT2D eigenvalue weighted by Gasteiger charge is -2.10. The van der Waals surface area contributed by atoms with Crippen LogP contribution in [0, 0.1) is 0 Å². The van der Waals surface area contributed by atoms with Crippen LogP contribution in [0.1, 0.15) is 28.4 Å². The van der Waals surface area contributed by atoms with Crippen molar-refractivity contribution in [1.82, 2.24) is 0 Å². The lowest BCUT2D eigenvalue weighted by Crippen LogP contribution is -2.10. The monoisotopic (exact) mass is 240 g/mol. The maximum atomic E-state index is 11.5. The maximum Gasteiger partial charge on any atom is 0.338 e. The van der Waals surface area contributed by atoms with E-state index in [1.54, 1.807) is 18.2 Å². The molecule has 0 aromatic heterocycles. The standard InChI is InChI=1S/C12H13ClO3/c1-8(14)6-11-9(7-13)4-3-5-10(11)12(15)16-2/h3-5H,6-7H2,1-2H3. The van der Waals surface area contributed by atoms with Gasteiger partial charge in [-0.2, -0.15) is 0 Å². The molecule has 0 N–H and O–H groups in total. The van der Waals surface area contributed by atoms with E-state index < -0.39 is 5.97 Å². The molecule has 0 saturated heterocycles. The fraction of sp³-hybridized carbons (Fsp3) is 0.333. The molecular formula is C12H13ClO3. The minimum Gasteiger partial charge on any atom is -0.465 e. The van der Waals surface area contributed by atoms with E-state index in [0.29, 0.717) is 11.1 Å². The lowest BCUT2D eigenvalue weighted by molar-refractivity contribution is -0.116. The van der Waals surface area contributed by atoms with Crippen LogP contribution < -0.4 is 0 Å². The number of carbonyl (C=O) groups is 2. The number of halogens is 1. The van der Waals surface area contributed by atoms with E-state index in [9.17, 15) is 9.59 Å². The van der Waals surface area contributed by atoms with Gasteiger partial charge in [0.05, 0.1) is 12.7 Å². The van der Waals surface area contributed by atoms with E-state index in [4.69, 9.17) is 11.6 Å². The Morgan fingerprint density at radius 1 is 1.38 bits per heavy atom. The highest BCUT2D eigenvalue weighted by atomic mass is 35.5. The maximum absolute atomic E-state index is 11.5. The van der Waals surface area contributed by atoms with E-state index in [2.05, 4.69) is 4.74 Å². The first-order chi connectivity index (χ1) is 7.60. The third-order valence-electron chi connectivity index (χ3n) is 2.25. The summed E-state index contributed by atoms with van der Waals surface area (Å²) in [4.78, 5) is 22.7. The minimum absolute atomic E-state index is 0.0114. The van der Waals surface area contributed by atoms with Crippen molar-refractivity contribution < 1.29 is 14.3 Å². The number of ether oxygens (including phenoxy) is 1. The number of hydrogen-bond donors (Lipinski definition) is 0. The van der Waals surface area contributed by atoms with Crippen molar-refractivity contribution in [2.45, 2.75) is 19.2 Å². The van der Waals surface area contributed by atoms with Crippen molar-refractivity contribution >= 4 is 23.4 Å². The van der Waals surface area contributed by atoms with Gasteiger partial charge < -0.3 is 4.74 Å². The zero-order chi connectivity index (χ0) is 12.1. The van der Waals surface area contributed by atoms with Crippen molar-refractivity contribution in [3.63, 3.8) is 0 Å². The number of ketones is 1. The van der Waals surface area contributed by atoms with Crippen LogP contribution in [0.3, 0.4) is 0 Å². The van der Waals surface area contributed by atoms with Crippen molar-refractivity contribution in [2.24, 2.45) is 0 Å². The highest BCUT2D eigenvalue weighted by Gasteiger charge is 2.15. The van der Waals surface area contributed by atoms with Crippen LogP contribution in [0.25, 0.3) is 0 Å². The molecule has 3 nitrogen and oxygen atoms in total. The SMILES string of the molecule is COC(=O)c1cccc(CCl)c1CC(C)=O. The van der Waals surface area contributed by atoms with Gasteiger partial charge in [-0.05, 0) is 24.1 Å². The Morgan fingerprint density at radius 2 is 2.06 bits per heavy atom. The molecule has 0 fully saturated rings. The highest BCUT2D eigenvalue weighted by molar-refractivity contribution is 6.17. The molecule has 1 rings (SSSR count). The second-order valence-electron chi connectivity index (χ2n) is 3.45. The van der Waals surface area contributed by atoms with Gasteiger partial charge in [-0.25, -0.2) is 4.79 Å². The largest absolute Gasteiger partial charge is 0.465 e. The van der Waals surface area contributed by atoms with E-state index in [1.807, 2.05) is 0 Å². The Hall–Kier alpha value is -1.35. The third kappa shape index (κ3) is 2.83. The topological polar surface area (TPSA) is 43.4 Å². The van der Waals surface area contributed by atoms with Gasteiger partial charge in [0.25, 0.3) is 0 Å². The number of methoxy groups -OCH3 is 1. The van der Waals surface area contributed by atoms with E-state index >= 15 is 0 Å². The summed E-state index contributed by atoms with van der Waals surface area (Å²) >= 11 is 5.77. The number of esters is 1. The molecule has 0 saturated carbocycles. The van der Waals surface area contributed by atoms with Crippen molar-refractivity contribution in [1.29, 1.82) is 0 Å². The quantitative estimate of drug-likeness (QED) is 0.599. The van der Waals surface area contributed by atoms with Gasteiger partial charge in [0, 0.05) is 12.3 Å². The Bertz CT molecular complexity index is 413. The summed E-state index contributed by atoms with van der Waals surface area (Å²) in [6, 6.07) is 5.17. The molecule has 1 aromatic carbocycles. The predicted octanol–water partition coefficient (Wildman–Crippen LogP) is 2.34. The zero-order valence-electron chi connectivity index (χ0n) is 9.25. The first kappa shape index (κ1) is 12.7. The number of alkyl halides is 1. The third-order valence-corrected chi connectivity index (χ3v) is 2.54. The van der Waals surface area contributed by atoms with Crippen molar-refractivity contribution in [3.8, 4) is 0 Å². The molecule has 0 heterocycles. The van der Waals surface area contributed by atoms with Gasteiger partial charge in [0.15, 0.2) is 0 Å². The van der Waals surface area contributed by atoms with E-state index in [0.717, 1.165) is 5.56 Å². The molecule has 16 heavy (non-hydrogen) atoms. The second kappa shape index (κ2) is 5.66. The Labute approximate surface area is 99.4 Å². The summed E-state index contributed by atoms with van der Waals surface area (Å²) < 4.78 is 4.66. The number of benzene rings is 1. The summed E-state index contributed by atoms with van der Waals surface area (Å²) in [5.74, 6) is -0.182. The summed E-state index contributed by atoms with van der Waals surface area (Å²) in [6.45, 7) is 1.48. The Morgan fingerprint density at radius 3 is 2.56 bits per heavy atom. The first-order valence-electron chi connectivity index (χ1n) is 4.84. The zero-order valence-corrected chi connectivity index (χ0v) is 10.0. The smallest absolute Gasteiger partial charge is 0.338 e. The predicted molar refractivity (Wildman–Crippen MR) is 61.7 cm³/mol. The van der Waals surface area contributed by atoms with Crippen LogP contribution in [0.4, 0.5) is 0 Å². The first-order valence-corrected chi connectivity index (χ1v) is 5.38. The van der Waals surface area contributed by atoms with Crippen molar-refractivity contribution in [3.05, 3.63) is 34.9 Å². The average molecular weight is 241 g/mol.